The molecule has 1 amide bonds. The number of carbonyl (C=O) groups excluding carboxylic acids is 1. The Bertz CT molecular complexity index is 223. The molecule has 1 aliphatic heterocycles. The maximum absolute atomic E-state index is 12.3. The molecule has 0 aliphatic carbocycles. The lowest BCUT2D eigenvalue weighted by Crippen LogP contribution is -2.46. The monoisotopic (exact) mass is 220 g/mol. The first-order valence-corrected chi connectivity index (χ1v) is 5.33. The Morgan fingerprint density at radius 3 is 2.67 bits per heavy atom. The van der Waals surface area contributed by atoms with Crippen LogP contribution < -0.4 is 0 Å². The fourth-order valence-corrected chi connectivity index (χ4v) is 2.01. The molecule has 88 valence electrons. The first-order valence-electron chi connectivity index (χ1n) is 5.33. The molecule has 1 fully saturated rings. The fraction of sp³-hybridized carbons (Fsp3) is 0.900. The molecule has 1 aliphatic rings. The molecule has 1 atom stereocenters. The number of likely N-dealkylation sites (N-methyl/N-ethyl adjacent to an activating group) is 1. The molecule has 0 spiro atoms. The van der Waals surface area contributed by atoms with Crippen LogP contribution in [0.4, 0.5) is 8.78 Å². The molecule has 0 saturated carbocycles. The number of alkyl halides is 2. The highest BCUT2D eigenvalue weighted by Gasteiger charge is 2.30. The summed E-state index contributed by atoms with van der Waals surface area (Å²) in [5.74, 6) is -1.02. The van der Waals surface area contributed by atoms with Crippen molar-refractivity contribution in [2.45, 2.75) is 32.2 Å². The highest BCUT2D eigenvalue weighted by molar-refractivity contribution is 5.79. The number of carbonyl (C=O) groups is 1. The first kappa shape index (κ1) is 12.4. The van der Waals surface area contributed by atoms with Crippen molar-refractivity contribution in [2.24, 2.45) is 0 Å². The van der Waals surface area contributed by atoms with E-state index in [2.05, 4.69) is 4.90 Å². The Kier molecular flexibility index (Phi) is 4.45. The van der Waals surface area contributed by atoms with Gasteiger partial charge in [-0.2, -0.15) is 8.78 Å². The lowest BCUT2D eigenvalue weighted by molar-refractivity contribution is -0.145. The molecule has 1 saturated heterocycles. The molecule has 0 aromatic heterocycles. The molecule has 5 heteroatoms. The average Bonchev–Trinajstić information content (AvgIpc) is 2.38. The minimum absolute atomic E-state index is 0.0704. The van der Waals surface area contributed by atoms with Crippen LogP contribution in [0.1, 0.15) is 19.8 Å². The quantitative estimate of drug-likeness (QED) is 0.698. The minimum Gasteiger partial charge on any atom is -0.333 e. The van der Waals surface area contributed by atoms with Gasteiger partial charge in [0.25, 0.3) is 5.91 Å². The van der Waals surface area contributed by atoms with E-state index in [4.69, 9.17) is 0 Å². The Morgan fingerprint density at radius 2 is 2.13 bits per heavy atom. The summed E-state index contributed by atoms with van der Waals surface area (Å²) in [6.45, 7) is 3.93. The second-order valence-electron chi connectivity index (χ2n) is 4.01. The van der Waals surface area contributed by atoms with Crippen LogP contribution >= 0.6 is 0 Å². The van der Waals surface area contributed by atoms with Gasteiger partial charge in [0.15, 0.2) is 0 Å². The van der Waals surface area contributed by atoms with Crippen LogP contribution in [0, 0.1) is 0 Å². The normalized spacial score (nSPS) is 24.3. The van der Waals surface area contributed by atoms with Crippen molar-refractivity contribution >= 4 is 5.91 Å². The SMILES string of the molecule is CCC1CN(C)CCCN1C(=O)C(F)F. The molecule has 0 aromatic rings. The van der Waals surface area contributed by atoms with Crippen molar-refractivity contribution in [1.82, 2.24) is 9.80 Å². The molecule has 1 unspecified atom stereocenters. The number of amides is 1. The van der Waals surface area contributed by atoms with Crippen molar-refractivity contribution in [3.05, 3.63) is 0 Å². The second kappa shape index (κ2) is 5.39. The van der Waals surface area contributed by atoms with E-state index in [0.29, 0.717) is 13.1 Å². The Labute approximate surface area is 89.0 Å². The van der Waals surface area contributed by atoms with Crippen molar-refractivity contribution in [1.29, 1.82) is 0 Å². The van der Waals surface area contributed by atoms with Gasteiger partial charge in [0.2, 0.25) is 0 Å². The van der Waals surface area contributed by atoms with Gasteiger partial charge in [-0.25, -0.2) is 0 Å². The maximum atomic E-state index is 12.3. The minimum atomic E-state index is -2.87. The van der Waals surface area contributed by atoms with Gasteiger partial charge in [-0.3, -0.25) is 4.79 Å². The van der Waals surface area contributed by atoms with Crippen LogP contribution in [-0.4, -0.2) is 54.9 Å². The van der Waals surface area contributed by atoms with Crippen LogP contribution in [-0.2, 0) is 4.79 Å². The van der Waals surface area contributed by atoms with E-state index in [1.54, 1.807) is 0 Å². The van der Waals surface area contributed by atoms with Gasteiger partial charge in [-0.1, -0.05) is 6.92 Å². The highest BCUT2D eigenvalue weighted by atomic mass is 19.3. The van der Waals surface area contributed by atoms with E-state index >= 15 is 0 Å². The summed E-state index contributed by atoms with van der Waals surface area (Å²) in [7, 11) is 1.96. The number of hydrogen-bond donors (Lipinski definition) is 0. The number of halogens is 2. The molecule has 0 aromatic carbocycles. The molecule has 1 heterocycles. The summed E-state index contributed by atoms with van der Waals surface area (Å²) in [5, 5.41) is 0. The standard InChI is InChI=1S/C10H18F2N2O/c1-3-8-7-13(2)5-4-6-14(8)10(15)9(11)12/h8-9H,3-7H2,1-2H3. The zero-order valence-corrected chi connectivity index (χ0v) is 9.25. The molecule has 0 bridgehead atoms. The predicted octanol–water partition coefficient (Wildman–Crippen LogP) is 1.19. The van der Waals surface area contributed by atoms with Crippen LogP contribution in [0.25, 0.3) is 0 Å². The zero-order valence-electron chi connectivity index (χ0n) is 9.25. The fourth-order valence-electron chi connectivity index (χ4n) is 2.01. The Balaban J connectivity index is 2.70. The summed E-state index contributed by atoms with van der Waals surface area (Å²) in [5.41, 5.74) is 0. The highest BCUT2D eigenvalue weighted by Crippen LogP contribution is 2.14. The van der Waals surface area contributed by atoms with Crippen molar-refractivity contribution in [3.63, 3.8) is 0 Å². The van der Waals surface area contributed by atoms with E-state index < -0.39 is 12.3 Å². The lowest BCUT2D eigenvalue weighted by atomic mass is 10.2. The van der Waals surface area contributed by atoms with Crippen molar-refractivity contribution in [3.8, 4) is 0 Å². The van der Waals surface area contributed by atoms with Gasteiger partial charge in [0.05, 0.1) is 0 Å². The third-order valence-corrected chi connectivity index (χ3v) is 2.84. The van der Waals surface area contributed by atoms with E-state index in [-0.39, 0.29) is 6.04 Å². The first-order chi connectivity index (χ1) is 7.06. The summed E-state index contributed by atoms with van der Waals surface area (Å²) < 4.78 is 24.7. The summed E-state index contributed by atoms with van der Waals surface area (Å²) in [6.07, 6.45) is -1.38. The Hall–Kier alpha value is -0.710. The Morgan fingerprint density at radius 1 is 1.47 bits per heavy atom. The third-order valence-electron chi connectivity index (χ3n) is 2.84. The van der Waals surface area contributed by atoms with Crippen LogP contribution in [0.5, 0.6) is 0 Å². The smallest absolute Gasteiger partial charge is 0.315 e. The molecule has 0 N–H and O–H groups in total. The van der Waals surface area contributed by atoms with Crippen LogP contribution in [0.3, 0.4) is 0 Å². The van der Waals surface area contributed by atoms with E-state index in [9.17, 15) is 13.6 Å². The summed E-state index contributed by atoms with van der Waals surface area (Å²) >= 11 is 0. The molecule has 1 rings (SSSR count). The summed E-state index contributed by atoms with van der Waals surface area (Å²) in [4.78, 5) is 14.7. The van der Waals surface area contributed by atoms with Gasteiger partial charge >= 0.3 is 6.43 Å². The van der Waals surface area contributed by atoms with Gasteiger partial charge in [0.1, 0.15) is 0 Å². The second-order valence-corrected chi connectivity index (χ2v) is 4.01. The average molecular weight is 220 g/mol. The van der Waals surface area contributed by atoms with Gasteiger partial charge in [-0.05, 0) is 26.4 Å². The summed E-state index contributed by atoms with van der Waals surface area (Å²) in [6, 6.07) is -0.0704. The topological polar surface area (TPSA) is 23.6 Å². The van der Waals surface area contributed by atoms with E-state index in [1.165, 1.54) is 4.90 Å². The molecule has 0 radical (unpaired) electrons. The van der Waals surface area contributed by atoms with E-state index in [1.807, 2.05) is 14.0 Å². The van der Waals surface area contributed by atoms with Crippen molar-refractivity contribution < 1.29 is 13.6 Å². The molecular formula is C10H18F2N2O. The van der Waals surface area contributed by atoms with Crippen molar-refractivity contribution in [2.75, 3.05) is 26.7 Å². The number of hydrogen-bond acceptors (Lipinski definition) is 2. The van der Waals surface area contributed by atoms with Gasteiger partial charge < -0.3 is 9.80 Å². The lowest BCUT2D eigenvalue weighted by Gasteiger charge is -2.29. The maximum Gasteiger partial charge on any atom is 0.315 e. The number of rotatable bonds is 2. The van der Waals surface area contributed by atoms with Crippen LogP contribution in [0.2, 0.25) is 0 Å². The zero-order chi connectivity index (χ0) is 11.4. The van der Waals surface area contributed by atoms with Crippen LogP contribution in [0.15, 0.2) is 0 Å². The number of nitrogens with zero attached hydrogens (tertiary/aromatic N) is 2. The molecule has 3 nitrogen and oxygen atoms in total. The van der Waals surface area contributed by atoms with E-state index in [0.717, 1.165) is 19.4 Å². The van der Waals surface area contributed by atoms with Gasteiger partial charge in [-0.15, -0.1) is 0 Å². The largest absolute Gasteiger partial charge is 0.333 e. The van der Waals surface area contributed by atoms with Gasteiger partial charge in [0, 0.05) is 19.1 Å². The molecular weight excluding hydrogens is 202 g/mol. The predicted molar refractivity (Wildman–Crippen MR) is 53.9 cm³/mol. The molecule has 15 heavy (non-hydrogen) atoms. The third kappa shape index (κ3) is 3.12.